The summed E-state index contributed by atoms with van der Waals surface area (Å²) in [4.78, 5) is 10.2. The minimum absolute atomic E-state index is 0.0184. The van der Waals surface area contributed by atoms with Crippen LogP contribution in [0.4, 0.5) is 5.69 Å². The van der Waals surface area contributed by atoms with Gasteiger partial charge in [-0.25, -0.2) is 0 Å². The van der Waals surface area contributed by atoms with E-state index in [0.29, 0.717) is 5.88 Å². The minimum atomic E-state index is -0.462. The van der Waals surface area contributed by atoms with Gasteiger partial charge < -0.3 is 4.74 Å². The molecule has 0 radical (unpaired) electrons. The van der Waals surface area contributed by atoms with Crippen LogP contribution in [0.5, 0.6) is 5.75 Å². The van der Waals surface area contributed by atoms with Crippen LogP contribution in [0, 0.1) is 17.0 Å². The maximum Gasteiger partial charge on any atom is 0.311 e. The first-order chi connectivity index (χ1) is 6.65. The third kappa shape index (κ3) is 2.60. The first kappa shape index (κ1) is 10.8. The van der Waals surface area contributed by atoms with Crippen molar-refractivity contribution in [3.8, 4) is 5.75 Å². The summed E-state index contributed by atoms with van der Waals surface area (Å²) in [6, 6.07) is 4.82. The van der Waals surface area contributed by atoms with E-state index < -0.39 is 4.92 Å². The molecule has 0 unspecified atom stereocenters. The van der Waals surface area contributed by atoms with Crippen LogP contribution in [0.25, 0.3) is 0 Å². The van der Waals surface area contributed by atoms with Gasteiger partial charge in [-0.3, -0.25) is 10.1 Å². The predicted molar refractivity (Wildman–Crippen MR) is 54.0 cm³/mol. The molecule has 0 amide bonds. The molecule has 0 aliphatic heterocycles. The molecule has 1 rings (SSSR count). The fourth-order valence-electron chi connectivity index (χ4n) is 1.04. The van der Waals surface area contributed by atoms with E-state index in [4.69, 9.17) is 16.3 Å². The third-order valence-electron chi connectivity index (χ3n) is 1.65. The Morgan fingerprint density at radius 2 is 2.29 bits per heavy atom. The molecule has 0 heterocycles. The van der Waals surface area contributed by atoms with Gasteiger partial charge in [0.25, 0.3) is 0 Å². The molecule has 76 valence electrons. The van der Waals surface area contributed by atoms with Gasteiger partial charge >= 0.3 is 5.69 Å². The molecule has 0 aromatic heterocycles. The largest absolute Gasteiger partial charge is 0.486 e. The number of aryl methyl sites for hydroxylation is 1. The van der Waals surface area contributed by atoms with Gasteiger partial charge in [0.05, 0.1) is 10.8 Å². The summed E-state index contributed by atoms with van der Waals surface area (Å²) in [5, 5.41) is 10.6. The van der Waals surface area contributed by atoms with Crippen molar-refractivity contribution >= 4 is 17.3 Å². The van der Waals surface area contributed by atoms with Gasteiger partial charge in [0.2, 0.25) is 0 Å². The van der Waals surface area contributed by atoms with Gasteiger partial charge in [-0.05, 0) is 18.6 Å². The van der Waals surface area contributed by atoms with Gasteiger partial charge in [-0.1, -0.05) is 6.07 Å². The van der Waals surface area contributed by atoms with Gasteiger partial charge in [0.1, 0.15) is 6.61 Å². The van der Waals surface area contributed by atoms with Crippen molar-refractivity contribution < 1.29 is 9.66 Å². The fourth-order valence-corrected chi connectivity index (χ4v) is 1.12. The molecule has 0 N–H and O–H groups in total. The summed E-state index contributed by atoms with van der Waals surface area (Å²) in [6.07, 6.45) is 0. The van der Waals surface area contributed by atoms with Gasteiger partial charge in [0, 0.05) is 6.07 Å². The normalized spacial score (nSPS) is 9.86. The first-order valence-electron chi connectivity index (χ1n) is 4.09. The van der Waals surface area contributed by atoms with Gasteiger partial charge in [0.15, 0.2) is 5.75 Å². The highest BCUT2D eigenvalue weighted by Gasteiger charge is 2.14. The molecule has 1 aromatic carbocycles. The molecule has 0 spiro atoms. The smallest absolute Gasteiger partial charge is 0.311 e. The molecule has 14 heavy (non-hydrogen) atoms. The van der Waals surface area contributed by atoms with E-state index in [-0.39, 0.29) is 18.0 Å². The highest BCUT2D eigenvalue weighted by molar-refractivity contribution is 6.18. The van der Waals surface area contributed by atoms with Gasteiger partial charge in [-0.15, -0.1) is 11.6 Å². The van der Waals surface area contributed by atoms with Crippen molar-refractivity contribution in [3.05, 3.63) is 33.9 Å². The number of nitro benzene ring substituents is 1. The number of alkyl halides is 1. The van der Waals surface area contributed by atoms with Crippen LogP contribution >= 0.6 is 11.6 Å². The Morgan fingerprint density at radius 1 is 1.57 bits per heavy atom. The number of ether oxygens (including phenoxy) is 1. The van der Waals surface area contributed by atoms with Crippen LogP contribution in [-0.4, -0.2) is 17.4 Å². The molecule has 0 atom stereocenters. The zero-order chi connectivity index (χ0) is 10.6. The Morgan fingerprint density at radius 3 is 2.86 bits per heavy atom. The lowest BCUT2D eigenvalue weighted by Crippen LogP contribution is -2.01. The second-order valence-corrected chi connectivity index (χ2v) is 3.14. The van der Waals surface area contributed by atoms with Crippen molar-refractivity contribution in [3.63, 3.8) is 0 Å². The topological polar surface area (TPSA) is 52.4 Å². The number of benzene rings is 1. The lowest BCUT2D eigenvalue weighted by atomic mass is 10.2. The van der Waals surface area contributed by atoms with Crippen LogP contribution in [-0.2, 0) is 0 Å². The lowest BCUT2D eigenvalue weighted by molar-refractivity contribution is -0.385. The number of hydrogen-bond acceptors (Lipinski definition) is 3. The Balaban J connectivity index is 2.96. The number of halogens is 1. The standard InChI is InChI=1S/C9H10ClNO3/c1-7-2-3-9(14-5-4-10)8(6-7)11(12)13/h2-3,6H,4-5H2,1H3. The molecular formula is C9H10ClNO3. The Bertz CT molecular complexity index is 341. The highest BCUT2D eigenvalue weighted by atomic mass is 35.5. The monoisotopic (exact) mass is 215 g/mol. The van der Waals surface area contributed by atoms with E-state index in [1.54, 1.807) is 19.1 Å². The molecule has 4 nitrogen and oxygen atoms in total. The average Bonchev–Trinajstić information content (AvgIpc) is 2.15. The van der Waals surface area contributed by atoms with Crippen LogP contribution in [0.1, 0.15) is 5.56 Å². The summed E-state index contributed by atoms with van der Waals surface area (Å²) >= 11 is 5.42. The molecule has 1 aromatic rings. The highest BCUT2D eigenvalue weighted by Crippen LogP contribution is 2.27. The zero-order valence-electron chi connectivity index (χ0n) is 7.70. The van der Waals surface area contributed by atoms with Crippen molar-refractivity contribution in [1.29, 1.82) is 0 Å². The molecule has 5 heteroatoms. The summed E-state index contributed by atoms with van der Waals surface area (Å²) in [5.74, 6) is 0.576. The van der Waals surface area contributed by atoms with Crippen LogP contribution in [0.2, 0.25) is 0 Å². The second kappa shape index (κ2) is 4.81. The van der Waals surface area contributed by atoms with E-state index in [2.05, 4.69) is 0 Å². The van der Waals surface area contributed by atoms with E-state index in [1.807, 2.05) is 0 Å². The number of nitrogens with zero attached hydrogens (tertiary/aromatic N) is 1. The average molecular weight is 216 g/mol. The molecular weight excluding hydrogens is 206 g/mol. The van der Waals surface area contributed by atoms with Crippen LogP contribution in [0.15, 0.2) is 18.2 Å². The maximum atomic E-state index is 10.6. The van der Waals surface area contributed by atoms with E-state index >= 15 is 0 Å². The summed E-state index contributed by atoms with van der Waals surface area (Å²) in [7, 11) is 0. The Kier molecular flexibility index (Phi) is 3.71. The third-order valence-corrected chi connectivity index (χ3v) is 1.80. The molecule has 0 saturated heterocycles. The predicted octanol–water partition coefficient (Wildman–Crippen LogP) is 2.52. The quantitative estimate of drug-likeness (QED) is 0.441. The zero-order valence-corrected chi connectivity index (χ0v) is 8.45. The summed E-state index contributed by atoms with van der Waals surface area (Å²) in [6.45, 7) is 2.06. The summed E-state index contributed by atoms with van der Waals surface area (Å²) in [5.41, 5.74) is 0.810. The number of hydrogen-bond donors (Lipinski definition) is 0. The fraction of sp³-hybridized carbons (Fsp3) is 0.333. The second-order valence-electron chi connectivity index (χ2n) is 2.77. The van der Waals surface area contributed by atoms with Crippen LogP contribution in [0.3, 0.4) is 0 Å². The molecule has 0 saturated carbocycles. The lowest BCUT2D eigenvalue weighted by Gasteiger charge is -2.04. The minimum Gasteiger partial charge on any atom is -0.486 e. The maximum absolute atomic E-state index is 10.6. The van der Waals surface area contributed by atoms with Crippen molar-refractivity contribution in [2.24, 2.45) is 0 Å². The number of rotatable bonds is 4. The molecule has 0 aliphatic carbocycles. The van der Waals surface area contributed by atoms with Crippen molar-refractivity contribution in [1.82, 2.24) is 0 Å². The van der Waals surface area contributed by atoms with Crippen molar-refractivity contribution in [2.45, 2.75) is 6.92 Å². The SMILES string of the molecule is Cc1ccc(OCCCl)c([N+](=O)[O-])c1. The first-order valence-corrected chi connectivity index (χ1v) is 4.62. The van der Waals surface area contributed by atoms with Gasteiger partial charge in [-0.2, -0.15) is 0 Å². The summed E-state index contributed by atoms with van der Waals surface area (Å²) < 4.78 is 5.13. The Labute approximate surface area is 86.6 Å². The van der Waals surface area contributed by atoms with E-state index in [1.165, 1.54) is 6.07 Å². The molecule has 0 bridgehead atoms. The van der Waals surface area contributed by atoms with E-state index in [0.717, 1.165) is 5.56 Å². The Hall–Kier alpha value is -1.29. The van der Waals surface area contributed by atoms with Crippen LogP contribution < -0.4 is 4.74 Å². The molecule has 0 aliphatic rings. The number of nitro groups is 1. The molecule has 0 fully saturated rings. The van der Waals surface area contributed by atoms with Crippen molar-refractivity contribution in [2.75, 3.05) is 12.5 Å². The van der Waals surface area contributed by atoms with E-state index in [9.17, 15) is 10.1 Å².